The van der Waals surface area contributed by atoms with Crippen molar-refractivity contribution < 1.29 is 9.59 Å². The van der Waals surface area contributed by atoms with Crippen molar-refractivity contribution in [1.82, 2.24) is 14.3 Å². The fraction of sp³-hybridized carbons (Fsp3) is 0.200. The summed E-state index contributed by atoms with van der Waals surface area (Å²) in [7, 11) is 0. The fourth-order valence-electron chi connectivity index (χ4n) is 1.46. The van der Waals surface area contributed by atoms with Crippen LogP contribution in [0.5, 0.6) is 0 Å². The minimum Gasteiger partial charge on any atom is -0.350 e. The number of nitrogens with one attached hydrogen (secondary N) is 1. The van der Waals surface area contributed by atoms with Crippen LogP contribution in [-0.2, 0) is 0 Å². The van der Waals surface area contributed by atoms with E-state index in [1.54, 1.807) is 13.8 Å². The number of aromatic amines is 1. The number of hydrogen-bond donors (Lipinski definition) is 1. The van der Waals surface area contributed by atoms with Crippen molar-refractivity contribution in [3.8, 4) is 10.7 Å². The Kier molecular flexibility index (Phi) is 2.66. The van der Waals surface area contributed by atoms with Gasteiger partial charge in [-0.1, -0.05) is 0 Å². The number of aromatic nitrogens is 3. The van der Waals surface area contributed by atoms with Crippen LogP contribution in [0.3, 0.4) is 0 Å². The number of aldehydes is 2. The van der Waals surface area contributed by atoms with E-state index >= 15 is 0 Å². The summed E-state index contributed by atoms with van der Waals surface area (Å²) in [6, 6.07) is 0. The number of carbonyl (C=O) groups excluding carboxylic acids is 2. The zero-order valence-electron chi connectivity index (χ0n) is 8.77. The second-order valence-corrected chi connectivity index (χ2v) is 4.09. The summed E-state index contributed by atoms with van der Waals surface area (Å²) < 4.78 is 4.04. The van der Waals surface area contributed by atoms with Crippen molar-refractivity contribution in [2.24, 2.45) is 0 Å². The molecule has 0 aliphatic rings. The van der Waals surface area contributed by atoms with E-state index in [9.17, 15) is 9.59 Å². The van der Waals surface area contributed by atoms with Gasteiger partial charge in [-0.3, -0.25) is 9.59 Å². The molecule has 5 nitrogen and oxygen atoms in total. The topological polar surface area (TPSA) is 75.7 Å². The van der Waals surface area contributed by atoms with Crippen LogP contribution in [0.15, 0.2) is 0 Å². The molecule has 82 valence electrons. The van der Waals surface area contributed by atoms with Crippen molar-refractivity contribution in [1.29, 1.82) is 0 Å². The normalized spacial score (nSPS) is 10.4. The molecule has 2 aromatic heterocycles. The van der Waals surface area contributed by atoms with Gasteiger partial charge in [-0.25, -0.2) is 4.98 Å². The van der Waals surface area contributed by atoms with Crippen LogP contribution < -0.4 is 0 Å². The third-order valence-electron chi connectivity index (χ3n) is 2.31. The zero-order valence-corrected chi connectivity index (χ0v) is 9.59. The Morgan fingerprint density at radius 1 is 1.25 bits per heavy atom. The maximum absolute atomic E-state index is 11.0. The van der Waals surface area contributed by atoms with Gasteiger partial charge in [-0.05, 0) is 30.9 Å². The third-order valence-corrected chi connectivity index (χ3v) is 3.14. The highest BCUT2D eigenvalue weighted by Gasteiger charge is 2.17. The van der Waals surface area contributed by atoms with E-state index in [1.165, 1.54) is 11.5 Å². The molecule has 2 heterocycles. The van der Waals surface area contributed by atoms with Gasteiger partial charge in [0.25, 0.3) is 0 Å². The second kappa shape index (κ2) is 3.97. The van der Waals surface area contributed by atoms with Crippen LogP contribution in [0.2, 0.25) is 0 Å². The van der Waals surface area contributed by atoms with Crippen molar-refractivity contribution >= 4 is 24.1 Å². The Hall–Kier alpha value is -1.82. The molecule has 0 spiro atoms. The number of nitrogens with zero attached hydrogens (tertiary/aromatic N) is 2. The first kappa shape index (κ1) is 10.7. The molecular weight excluding hydrogens is 226 g/mol. The number of aryl methyl sites for hydroxylation is 1. The number of hydrogen-bond acceptors (Lipinski definition) is 5. The molecular formula is C10H9N3O2S. The maximum atomic E-state index is 11.0. The van der Waals surface area contributed by atoms with Crippen molar-refractivity contribution in [2.45, 2.75) is 13.8 Å². The van der Waals surface area contributed by atoms with Crippen LogP contribution >= 0.6 is 11.5 Å². The third kappa shape index (κ3) is 1.57. The maximum Gasteiger partial charge on any atom is 0.166 e. The molecule has 0 amide bonds. The molecule has 0 fully saturated rings. The van der Waals surface area contributed by atoms with Gasteiger partial charge in [0.05, 0.1) is 11.4 Å². The lowest BCUT2D eigenvalue weighted by Crippen LogP contribution is -1.85. The van der Waals surface area contributed by atoms with Gasteiger partial charge in [0, 0.05) is 5.56 Å². The fourth-order valence-corrected chi connectivity index (χ4v) is 2.15. The first-order valence-electron chi connectivity index (χ1n) is 4.61. The molecule has 0 aromatic carbocycles. The highest BCUT2D eigenvalue weighted by molar-refractivity contribution is 7.09. The SMILES string of the molecule is Cc1nsc(-c2[nH]c(C=O)c(C)c2C=O)n1. The smallest absolute Gasteiger partial charge is 0.166 e. The van der Waals surface area contributed by atoms with Crippen molar-refractivity contribution in [2.75, 3.05) is 0 Å². The van der Waals surface area contributed by atoms with E-state index in [4.69, 9.17) is 0 Å². The largest absolute Gasteiger partial charge is 0.350 e. The van der Waals surface area contributed by atoms with E-state index in [-0.39, 0.29) is 0 Å². The van der Waals surface area contributed by atoms with Crippen LogP contribution in [0.25, 0.3) is 10.7 Å². The summed E-state index contributed by atoms with van der Waals surface area (Å²) in [4.78, 5) is 28.8. The first-order valence-corrected chi connectivity index (χ1v) is 5.38. The summed E-state index contributed by atoms with van der Waals surface area (Å²) >= 11 is 1.20. The minimum atomic E-state index is 0.407. The molecule has 0 aliphatic carbocycles. The first-order chi connectivity index (χ1) is 7.67. The summed E-state index contributed by atoms with van der Waals surface area (Å²) in [5, 5.41) is 0.621. The molecule has 0 atom stereocenters. The number of rotatable bonds is 3. The average molecular weight is 235 g/mol. The van der Waals surface area contributed by atoms with Gasteiger partial charge in [-0.15, -0.1) is 0 Å². The highest BCUT2D eigenvalue weighted by atomic mass is 32.1. The second-order valence-electron chi connectivity index (χ2n) is 3.33. The molecule has 0 aliphatic heterocycles. The standard InChI is InChI=1S/C10H9N3O2S/c1-5-7(3-14)9(12-8(5)4-15)10-11-6(2)13-16-10/h3-4,12H,1-2H3. The molecule has 0 unspecified atom stereocenters. The van der Waals surface area contributed by atoms with Gasteiger partial charge in [0.1, 0.15) is 5.82 Å². The molecule has 2 rings (SSSR count). The van der Waals surface area contributed by atoms with Crippen LogP contribution in [0.4, 0.5) is 0 Å². The lowest BCUT2D eigenvalue weighted by Gasteiger charge is -1.91. The van der Waals surface area contributed by atoms with Crippen LogP contribution in [0.1, 0.15) is 32.2 Å². The van der Waals surface area contributed by atoms with E-state index in [0.29, 0.717) is 39.6 Å². The highest BCUT2D eigenvalue weighted by Crippen LogP contribution is 2.27. The van der Waals surface area contributed by atoms with Gasteiger partial charge in [0.2, 0.25) is 0 Å². The molecule has 0 bridgehead atoms. The lowest BCUT2D eigenvalue weighted by atomic mass is 10.1. The van der Waals surface area contributed by atoms with Crippen molar-refractivity contribution in [3.05, 3.63) is 22.6 Å². The Labute approximate surface area is 95.7 Å². The Morgan fingerprint density at radius 3 is 2.50 bits per heavy atom. The molecule has 0 radical (unpaired) electrons. The lowest BCUT2D eigenvalue weighted by molar-refractivity contribution is 0.111. The quantitative estimate of drug-likeness (QED) is 0.823. The molecule has 2 aromatic rings. The Bertz CT molecular complexity index is 556. The molecule has 6 heteroatoms. The molecule has 0 saturated carbocycles. The van der Waals surface area contributed by atoms with Gasteiger partial charge in [0.15, 0.2) is 17.6 Å². The minimum absolute atomic E-state index is 0.407. The van der Waals surface area contributed by atoms with E-state index in [1.807, 2.05) is 0 Å². The predicted molar refractivity (Wildman–Crippen MR) is 59.9 cm³/mol. The number of H-pyrrole nitrogens is 1. The Morgan fingerprint density at radius 2 is 2.00 bits per heavy atom. The predicted octanol–water partition coefficient (Wildman–Crippen LogP) is 1.78. The van der Waals surface area contributed by atoms with Gasteiger partial charge >= 0.3 is 0 Å². The summed E-state index contributed by atoms with van der Waals surface area (Å²) in [5.41, 5.74) is 2.09. The molecule has 1 N–H and O–H groups in total. The molecule has 16 heavy (non-hydrogen) atoms. The summed E-state index contributed by atoms with van der Waals surface area (Å²) in [6.07, 6.45) is 1.42. The van der Waals surface area contributed by atoms with E-state index < -0.39 is 0 Å². The average Bonchev–Trinajstić information content (AvgIpc) is 2.82. The summed E-state index contributed by atoms with van der Waals surface area (Å²) in [5.74, 6) is 0.650. The zero-order chi connectivity index (χ0) is 11.7. The van der Waals surface area contributed by atoms with Gasteiger partial charge < -0.3 is 4.98 Å². The van der Waals surface area contributed by atoms with Crippen molar-refractivity contribution in [3.63, 3.8) is 0 Å². The molecule has 0 saturated heterocycles. The van der Waals surface area contributed by atoms with Crippen LogP contribution in [-0.4, -0.2) is 26.9 Å². The van der Waals surface area contributed by atoms with Gasteiger partial charge in [-0.2, -0.15) is 4.37 Å². The monoisotopic (exact) mass is 235 g/mol. The van der Waals surface area contributed by atoms with Crippen LogP contribution in [0, 0.1) is 13.8 Å². The van der Waals surface area contributed by atoms with E-state index in [2.05, 4.69) is 14.3 Å². The number of carbonyl (C=O) groups is 2. The Balaban J connectivity index is 2.64. The summed E-state index contributed by atoms with van der Waals surface area (Å²) in [6.45, 7) is 3.50. The van der Waals surface area contributed by atoms with E-state index in [0.717, 1.165) is 6.29 Å².